The van der Waals surface area contributed by atoms with Crippen molar-refractivity contribution in [1.29, 1.82) is 0 Å². The average Bonchev–Trinajstić information content (AvgIpc) is 2.67. The van der Waals surface area contributed by atoms with Gasteiger partial charge in [0.1, 0.15) is 11.5 Å². The van der Waals surface area contributed by atoms with Crippen LogP contribution in [0, 0.1) is 0 Å². The summed E-state index contributed by atoms with van der Waals surface area (Å²) in [5.74, 6) is 0.611. The van der Waals surface area contributed by atoms with Gasteiger partial charge in [0.25, 0.3) is 5.91 Å². The molecule has 0 radical (unpaired) electrons. The zero-order valence-corrected chi connectivity index (χ0v) is 16.8. The minimum atomic E-state index is -3.57. The molecule has 0 saturated heterocycles. The summed E-state index contributed by atoms with van der Waals surface area (Å²) < 4.78 is 35.5. The van der Waals surface area contributed by atoms with Crippen molar-refractivity contribution in [2.45, 2.75) is 6.54 Å². The summed E-state index contributed by atoms with van der Waals surface area (Å²) in [5.41, 5.74) is 3.72. The zero-order valence-electron chi connectivity index (χ0n) is 16.0. The summed E-state index contributed by atoms with van der Waals surface area (Å²) in [6.45, 7) is -0.249. The fourth-order valence-corrected chi connectivity index (χ4v) is 3.12. The van der Waals surface area contributed by atoms with E-state index in [1.807, 2.05) is 18.2 Å². The van der Waals surface area contributed by atoms with Crippen LogP contribution >= 0.6 is 0 Å². The standard InChI is InChI=1S/C19H23N3O5S/c1-26-17-9-10-18(27-2)16(11-17)12-20-21-19(23)14-22(28(3,24)25)13-15-7-5-4-6-8-15/h4-12H,13-14H2,1-3H3,(H,21,23)/b20-12-. The molecule has 2 rings (SSSR count). The number of carbonyl (C=O) groups excluding carboxylic acids is 1. The van der Waals surface area contributed by atoms with Gasteiger partial charge in [-0.15, -0.1) is 0 Å². The summed E-state index contributed by atoms with van der Waals surface area (Å²) in [4.78, 5) is 12.2. The van der Waals surface area contributed by atoms with E-state index in [4.69, 9.17) is 9.47 Å². The van der Waals surface area contributed by atoms with Crippen LogP contribution in [0.25, 0.3) is 0 Å². The lowest BCUT2D eigenvalue weighted by atomic mass is 10.2. The van der Waals surface area contributed by atoms with Crippen molar-refractivity contribution in [3.8, 4) is 11.5 Å². The first-order valence-corrected chi connectivity index (χ1v) is 10.2. The van der Waals surface area contributed by atoms with Gasteiger partial charge in [0.2, 0.25) is 10.0 Å². The number of hydrogen-bond donors (Lipinski definition) is 1. The molecule has 0 unspecified atom stereocenters. The van der Waals surface area contributed by atoms with E-state index in [-0.39, 0.29) is 13.1 Å². The molecule has 0 saturated carbocycles. The molecule has 0 spiro atoms. The maximum absolute atomic E-state index is 12.2. The number of ether oxygens (including phenoxy) is 2. The summed E-state index contributed by atoms with van der Waals surface area (Å²) in [5, 5.41) is 3.89. The Hall–Kier alpha value is -2.91. The lowest BCUT2D eigenvalue weighted by Gasteiger charge is -2.18. The summed E-state index contributed by atoms with van der Waals surface area (Å²) >= 11 is 0. The molecule has 2 aromatic carbocycles. The van der Waals surface area contributed by atoms with E-state index in [1.165, 1.54) is 20.4 Å². The van der Waals surface area contributed by atoms with Crippen LogP contribution in [0.1, 0.15) is 11.1 Å². The van der Waals surface area contributed by atoms with Crippen molar-refractivity contribution < 1.29 is 22.7 Å². The van der Waals surface area contributed by atoms with Crippen LogP contribution in [0.4, 0.5) is 0 Å². The highest BCUT2D eigenvalue weighted by atomic mass is 32.2. The van der Waals surface area contributed by atoms with E-state index >= 15 is 0 Å². The van der Waals surface area contributed by atoms with Gasteiger partial charge in [0.15, 0.2) is 0 Å². The number of nitrogens with one attached hydrogen (secondary N) is 1. The molecule has 2 aromatic rings. The smallest absolute Gasteiger partial charge is 0.255 e. The third-order valence-electron chi connectivity index (χ3n) is 3.82. The van der Waals surface area contributed by atoms with E-state index < -0.39 is 15.9 Å². The van der Waals surface area contributed by atoms with Crippen LogP contribution in [0.5, 0.6) is 11.5 Å². The van der Waals surface area contributed by atoms with Crippen molar-refractivity contribution in [2.75, 3.05) is 27.0 Å². The molecule has 0 aliphatic heterocycles. The minimum absolute atomic E-state index is 0.0977. The summed E-state index contributed by atoms with van der Waals surface area (Å²) in [6, 6.07) is 14.2. The van der Waals surface area contributed by atoms with Gasteiger partial charge >= 0.3 is 0 Å². The van der Waals surface area contributed by atoms with E-state index in [0.29, 0.717) is 17.1 Å². The quantitative estimate of drug-likeness (QED) is 0.505. The van der Waals surface area contributed by atoms with E-state index in [1.54, 1.807) is 30.3 Å². The van der Waals surface area contributed by atoms with Crippen molar-refractivity contribution >= 4 is 22.1 Å². The second-order valence-electron chi connectivity index (χ2n) is 5.92. The van der Waals surface area contributed by atoms with Crippen molar-refractivity contribution in [3.63, 3.8) is 0 Å². The SMILES string of the molecule is COc1ccc(OC)c(/C=N\NC(=O)CN(Cc2ccccc2)S(C)(=O)=O)c1. The van der Waals surface area contributed by atoms with Crippen molar-refractivity contribution in [3.05, 3.63) is 59.7 Å². The number of rotatable bonds is 9. The van der Waals surface area contributed by atoms with E-state index in [0.717, 1.165) is 16.1 Å². The number of carbonyl (C=O) groups is 1. The molecule has 8 nitrogen and oxygen atoms in total. The van der Waals surface area contributed by atoms with Crippen LogP contribution in [0.15, 0.2) is 53.6 Å². The topological polar surface area (TPSA) is 97.3 Å². The number of nitrogens with zero attached hydrogens (tertiary/aromatic N) is 2. The Labute approximate surface area is 164 Å². The first kappa shape index (κ1) is 21.4. The molecule has 0 aliphatic rings. The highest BCUT2D eigenvalue weighted by Gasteiger charge is 2.20. The number of sulfonamides is 1. The monoisotopic (exact) mass is 405 g/mol. The van der Waals surface area contributed by atoms with Gasteiger partial charge in [-0.1, -0.05) is 30.3 Å². The third-order valence-corrected chi connectivity index (χ3v) is 5.02. The Kier molecular flexibility index (Phi) is 7.53. The molecular weight excluding hydrogens is 382 g/mol. The van der Waals surface area contributed by atoms with E-state index in [2.05, 4.69) is 10.5 Å². The first-order chi connectivity index (χ1) is 13.3. The first-order valence-electron chi connectivity index (χ1n) is 8.36. The number of benzene rings is 2. The molecule has 0 aromatic heterocycles. The largest absolute Gasteiger partial charge is 0.497 e. The van der Waals surface area contributed by atoms with Gasteiger partial charge in [0.05, 0.1) is 33.2 Å². The van der Waals surface area contributed by atoms with Gasteiger partial charge in [0, 0.05) is 12.1 Å². The molecule has 1 amide bonds. The molecule has 1 N–H and O–H groups in total. The van der Waals surface area contributed by atoms with Crippen LogP contribution in [0.3, 0.4) is 0 Å². The molecule has 0 bridgehead atoms. The van der Waals surface area contributed by atoms with Gasteiger partial charge in [-0.3, -0.25) is 4.79 Å². The molecule has 0 fully saturated rings. The maximum Gasteiger partial charge on any atom is 0.255 e. The number of hydrazone groups is 1. The van der Waals surface area contributed by atoms with Gasteiger partial charge in [-0.2, -0.15) is 9.41 Å². The molecule has 9 heteroatoms. The minimum Gasteiger partial charge on any atom is -0.497 e. The zero-order chi connectivity index (χ0) is 20.6. The van der Waals surface area contributed by atoms with Gasteiger partial charge < -0.3 is 9.47 Å². The Morgan fingerprint density at radius 1 is 1.14 bits per heavy atom. The molecule has 0 heterocycles. The van der Waals surface area contributed by atoms with Gasteiger partial charge in [-0.25, -0.2) is 13.8 Å². The predicted octanol–water partition coefficient (Wildman–Crippen LogP) is 1.62. The molecule has 28 heavy (non-hydrogen) atoms. The fourth-order valence-electron chi connectivity index (χ4n) is 2.39. The van der Waals surface area contributed by atoms with E-state index in [9.17, 15) is 13.2 Å². The third kappa shape index (κ3) is 6.36. The maximum atomic E-state index is 12.2. The molecule has 0 aliphatic carbocycles. The fraction of sp³-hybridized carbons (Fsp3) is 0.263. The predicted molar refractivity (Wildman–Crippen MR) is 107 cm³/mol. The Bertz CT molecular complexity index is 930. The van der Waals surface area contributed by atoms with Crippen LogP contribution in [-0.2, 0) is 21.4 Å². The highest BCUT2D eigenvalue weighted by molar-refractivity contribution is 7.88. The molecule has 0 atom stereocenters. The van der Waals surface area contributed by atoms with Crippen LogP contribution < -0.4 is 14.9 Å². The van der Waals surface area contributed by atoms with Crippen molar-refractivity contribution in [2.24, 2.45) is 5.10 Å². The number of amides is 1. The van der Waals surface area contributed by atoms with Gasteiger partial charge in [-0.05, 0) is 23.8 Å². The summed E-state index contributed by atoms with van der Waals surface area (Å²) in [7, 11) is -0.513. The summed E-state index contributed by atoms with van der Waals surface area (Å²) in [6.07, 6.45) is 2.47. The Morgan fingerprint density at radius 2 is 1.86 bits per heavy atom. The number of hydrogen-bond acceptors (Lipinski definition) is 6. The Morgan fingerprint density at radius 3 is 2.46 bits per heavy atom. The lowest BCUT2D eigenvalue weighted by Crippen LogP contribution is -2.38. The van der Waals surface area contributed by atoms with Crippen LogP contribution in [-0.4, -0.2) is 51.9 Å². The van der Waals surface area contributed by atoms with Crippen molar-refractivity contribution in [1.82, 2.24) is 9.73 Å². The molecule has 150 valence electrons. The normalized spacial score (nSPS) is 11.6. The second kappa shape index (κ2) is 9.86. The number of methoxy groups -OCH3 is 2. The lowest BCUT2D eigenvalue weighted by molar-refractivity contribution is -0.121. The highest BCUT2D eigenvalue weighted by Crippen LogP contribution is 2.22. The average molecular weight is 405 g/mol. The molecular formula is C19H23N3O5S. The van der Waals surface area contributed by atoms with Crippen LogP contribution in [0.2, 0.25) is 0 Å². The Balaban J connectivity index is 2.04. The second-order valence-corrected chi connectivity index (χ2v) is 7.90.